The maximum absolute atomic E-state index is 11.8. The molecular formula is C20H24N2O4. The van der Waals surface area contributed by atoms with E-state index in [1.807, 2.05) is 24.3 Å². The molecule has 6 nitrogen and oxygen atoms in total. The molecule has 0 aromatic heterocycles. The molecule has 1 amide bonds. The van der Waals surface area contributed by atoms with Crippen molar-refractivity contribution < 1.29 is 19.7 Å². The van der Waals surface area contributed by atoms with Crippen molar-refractivity contribution in [2.24, 2.45) is 5.10 Å². The number of benzene rings is 2. The molecule has 2 aromatic rings. The van der Waals surface area contributed by atoms with Gasteiger partial charge in [0.05, 0.1) is 6.21 Å². The predicted molar refractivity (Wildman–Crippen MR) is 101 cm³/mol. The smallest absolute Gasteiger partial charge is 0.277 e. The average Bonchev–Trinajstić information content (AvgIpc) is 2.62. The fraction of sp³-hybridized carbons (Fsp3) is 0.300. The SMILES string of the molecule is CC[C@H](C)c1ccc(OCC(=O)N/N=C\c2c(C)cc(O)cc2O)cc1. The number of aryl methyl sites for hydroxylation is 1. The van der Waals surface area contributed by atoms with Gasteiger partial charge in [-0.15, -0.1) is 0 Å². The number of carbonyl (C=O) groups is 1. The molecule has 0 unspecified atom stereocenters. The van der Waals surface area contributed by atoms with Gasteiger partial charge in [0.15, 0.2) is 6.61 Å². The Kier molecular flexibility index (Phi) is 6.60. The standard InChI is InChI=1S/C20H24N2O4/c1-4-13(2)15-5-7-17(8-6-15)26-12-20(25)22-21-11-18-14(3)9-16(23)10-19(18)24/h5-11,13,23-24H,4,12H2,1-3H3,(H,22,25)/b21-11-/t13-/m0/s1. The molecule has 0 saturated carbocycles. The van der Waals surface area contributed by atoms with Gasteiger partial charge in [-0.3, -0.25) is 4.79 Å². The van der Waals surface area contributed by atoms with Crippen LogP contribution in [0.5, 0.6) is 17.2 Å². The van der Waals surface area contributed by atoms with E-state index in [-0.39, 0.29) is 18.1 Å². The topological polar surface area (TPSA) is 91.2 Å². The number of hydrogen-bond acceptors (Lipinski definition) is 5. The van der Waals surface area contributed by atoms with Crippen LogP contribution < -0.4 is 10.2 Å². The molecule has 2 rings (SSSR count). The van der Waals surface area contributed by atoms with E-state index in [0.29, 0.717) is 22.8 Å². The summed E-state index contributed by atoms with van der Waals surface area (Å²) < 4.78 is 5.43. The van der Waals surface area contributed by atoms with Crippen LogP contribution in [0.25, 0.3) is 0 Å². The Morgan fingerprint density at radius 1 is 1.27 bits per heavy atom. The number of carbonyl (C=O) groups excluding carboxylic acids is 1. The zero-order valence-corrected chi connectivity index (χ0v) is 15.2. The number of aromatic hydroxyl groups is 2. The van der Waals surface area contributed by atoms with Gasteiger partial charge in [0, 0.05) is 11.6 Å². The van der Waals surface area contributed by atoms with Crippen molar-refractivity contribution in [1.82, 2.24) is 5.43 Å². The lowest BCUT2D eigenvalue weighted by Crippen LogP contribution is -2.24. The Morgan fingerprint density at radius 2 is 1.96 bits per heavy atom. The van der Waals surface area contributed by atoms with Crippen molar-refractivity contribution in [1.29, 1.82) is 0 Å². The van der Waals surface area contributed by atoms with E-state index in [4.69, 9.17) is 4.74 Å². The van der Waals surface area contributed by atoms with Gasteiger partial charge in [-0.05, 0) is 48.6 Å². The third-order valence-corrected chi connectivity index (χ3v) is 4.16. The Labute approximate surface area is 153 Å². The maximum Gasteiger partial charge on any atom is 0.277 e. The Morgan fingerprint density at radius 3 is 2.58 bits per heavy atom. The zero-order chi connectivity index (χ0) is 19.1. The maximum atomic E-state index is 11.8. The molecule has 0 aliphatic heterocycles. The Bertz CT molecular complexity index is 762. The summed E-state index contributed by atoms with van der Waals surface area (Å²) >= 11 is 0. The van der Waals surface area contributed by atoms with Crippen LogP contribution in [0.4, 0.5) is 0 Å². The van der Waals surface area contributed by atoms with E-state index in [0.717, 1.165) is 6.42 Å². The number of hydrogen-bond donors (Lipinski definition) is 3. The van der Waals surface area contributed by atoms with Crippen LogP contribution in [0, 0.1) is 6.92 Å². The third kappa shape index (κ3) is 5.24. The quantitative estimate of drug-likeness (QED) is 0.523. The minimum Gasteiger partial charge on any atom is -0.508 e. The van der Waals surface area contributed by atoms with Crippen molar-refractivity contribution in [2.45, 2.75) is 33.1 Å². The lowest BCUT2D eigenvalue weighted by Gasteiger charge is -2.10. The number of hydrazone groups is 1. The van der Waals surface area contributed by atoms with Crippen molar-refractivity contribution in [3.8, 4) is 17.2 Å². The summed E-state index contributed by atoms with van der Waals surface area (Å²) in [4.78, 5) is 11.8. The fourth-order valence-electron chi connectivity index (χ4n) is 2.41. The third-order valence-electron chi connectivity index (χ3n) is 4.16. The van der Waals surface area contributed by atoms with E-state index in [1.54, 1.807) is 6.92 Å². The molecule has 0 saturated heterocycles. The average molecular weight is 356 g/mol. The number of phenols is 2. The lowest BCUT2D eigenvalue weighted by molar-refractivity contribution is -0.123. The highest BCUT2D eigenvalue weighted by atomic mass is 16.5. The second-order valence-corrected chi connectivity index (χ2v) is 6.16. The monoisotopic (exact) mass is 356 g/mol. The van der Waals surface area contributed by atoms with E-state index in [9.17, 15) is 15.0 Å². The molecule has 26 heavy (non-hydrogen) atoms. The van der Waals surface area contributed by atoms with Crippen molar-refractivity contribution in [3.63, 3.8) is 0 Å². The van der Waals surface area contributed by atoms with E-state index >= 15 is 0 Å². The zero-order valence-electron chi connectivity index (χ0n) is 15.2. The molecule has 3 N–H and O–H groups in total. The highest BCUT2D eigenvalue weighted by Gasteiger charge is 2.06. The van der Waals surface area contributed by atoms with Gasteiger partial charge in [-0.2, -0.15) is 5.10 Å². The summed E-state index contributed by atoms with van der Waals surface area (Å²) in [6, 6.07) is 10.4. The molecule has 0 spiro atoms. The molecule has 6 heteroatoms. The van der Waals surface area contributed by atoms with Crippen LogP contribution in [-0.2, 0) is 4.79 Å². The summed E-state index contributed by atoms with van der Waals surface area (Å²) in [5.74, 6) is 0.542. The number of nitrogens with zero attached hydrogens (tertiary/aromatic N) is 1. The largest absolute Gasteiger partial charge is 0.508 e. The van der Waals surface area contributed by atoms with Crippen LogP contribution in [0.15, 0.2) is 41.5 Å². The summed E-state index contributed by atoms with van der Waals surface area (Å²) in [5.41, 5.74) is 4.63. The number of ether oxygens (including phenoxy) is 1. The van der Waals surface area contributed by atoms with Gasteiger partial charge in [0.1, 0.15) is 17.2 Å². The number of nitrogens with one attached hydrogen (secondary N) is 1. The van der Waals surface area contributed by atoms with E-state index in [1.165, 1.54) is 23.9 Å². The van der Waals surface area contributed by atoms with Crippen molar-refractivity contribution in [2.75, 3.05) is 6.61 Å². The van der Waals surface area contributed by atoms with Gasteiger partial charge in [-0.25, -0.2) is 5.43 Å². The first-order valence-corrected chi connectivity index (χ1v) is 8.48. The second-order valence-electron chi connectivity index (χ2n) is 6.16. The fourth-order valence-corrected chi connectivity index (χ4v) is 2.41. The van der Waals surface area contributed by atoms with Gasteiger partial charge < -0.3 is 14.9 Å². The highest BCUT2D eigenvalue weighted by molar-refractivity contribution is 5.87. The second kappa shape index (κ2) is 8.89. The molecule has 0 radical (unpaired) electrons. The van der Waals surface area contributed by atoms with Gasteiger partial charge in [0.25, 0.3) is 5.91 Å². The highest BCUT2D eigenvalue weighted by Crippen LogP contribution is 2.25. The van der Waals surface area contributed by atoms with Crippen LogP contribution >= 0.6 is 0 Å². The summed E-state index contributed by atoms with van der Waals surface area (Å²) in [6.07, 6.45) is 2.39. The predicted octanol–water partition coefficient (Wildman–Crippen LogP) is 3.45. The molecule has 0 aliphatic rings. The minimum absolute atomic E-state index is 0.0334. The molecule has 2 aromatic carbocycles. The van der Waals surface area contributed by atoms with Crippen LogP contribution in [0.1, 0.15) is 42.9 Å². The van der Waals surface area contributed by atoms with Crippen molar-refractivity contribution in [3.05, 3.63) is 53.1 Å². The first kappa shape index (κ1) is 19.3. The first-order valence-electron chi connectivity index (χ1n) is 8.48. The lowest BCUT2D eigenvalue weighted by atomic mass is 9.99. The van der Waals surface area contributed by atoms with E-state index < -0.39 is 5.91 Å². The number of phenolic OH excluding ortho intramolecular Hbond substituents is 2. The summed E-state index contributed by atoms with van der Waals surface area (Å²) in [6.45, 7) is 5.85. The summed E-state index contributed by atoms with van der Waals surface area (Å²) in [7, 11) is 0. The molecule has 1 atom stereocenters. The van der Waals surface area contributed by atoms with Gasteiger partial charge in [-0.1, -0.05) is 26.0 Å². The Hall–Kier alpha value is -3.02. The van der Waals surface area contributed by atoms with Crippen LogP contribution in [-0.4, -0.2) is 28.9 Å². The first-order chi connectivity index (χ1) is 12.4. The summed E-state index contributed by atoms with van der Waals surface area (Å²) in [5, 5.41) is 23.0. The molecular weight excluding hydrogens is 332 g/mol. The molecule has 0 bridgehead atoms. The molecule has 0 fully saturated rings. The van der Waals surface area contributed by atoms with Crippen LogP contribution in [0.2, 0.25) is 0 Å². The Balaban J connectivity index is 1.86. The van der Waals surface area contributed by atoms with E-state index in [2.05, 4.69) is 24.4 Å². The minimum atomic E-state index is -0.414. The molecule has 0 heterocycles. The molecule has 138 valence electrons. The van der Waals surface area contributed by atoms with Gasteiger partial charge in [0.2, 0.25) is 0 Å². The molecule has 0 aliphatic carbocycles. The number of rotatable bonds is 7. The van der Waals surface area contributed by atoms with Gasteiger partial charge >= 0.3 is 0 Å². The van der Waals surface area contributed by atoms with Crippen molar-refractivity contribution >= 4 is 12.1 Å². The normalized spacial score (nSPS) is 12.1. The number of amides is 1. The van der Waals surface area contributed by atoms with Crippen LogP contribution in [0.3, 0.4) is 0 Å².